The molecule has 106 valence electrons. The highest BCUT2D eigenvalue weighted by atomic mass is 16.3. The zero-order chi connectivity index (χ0) is 14.5. The number of nitrogens with zero attached hydrogens (tertiary/aromatic N) is 2. The van der Waals surface area contributed by atoms with Crippen molar-refractivity contribution in [1.29, 1.82) is 0 Å². The van der Waals surface area contributed by atoms with Crippen LogP contribution < -0.4 is 11.1 Å². The Kier molecular flexibility index (Phi) is 4.37. The molecule has 0 unspecified atom stereocenters. The van der Waals surface area contributed by atoms with Gasteiger partial charge in [-0.15, -0.1) is 0 Å². The maximum Gasteiger partial charge on any atom is 0.273 e. The molecule has 0 saturated carbocycles. The molecule has 0 saturated heterocycles. The number of hydrogen-bond acceptors (Lipinski definition) is 5. The second-order valence-corrected chi connectivity index (χ2v) is 4.72. The van der Waals surface area contributed by atoms with Gasteiger partial charge in [0.25, 0.3) is 5.91 Å². The summed E-state index contributed by atoms with van der Waals surface area (Å²) in [7, 11) is 3.89. The second kappa shape index (κ2) is 6.21. The van der Waals surface area contributed by atoms with Gasteiger partial charge in [-0.1, -0.05) is 0 Å². The van der Waals surface area contributed by atoms with Crippen LogP contribution in [0.2, 0.25) is 0 Å². The van der Waals surface area contributed by atoms with Gasteiger partial charge in [0.15, 0.2) is 5.69 Å². The molecule has 6 nitrogen and oxygen atoms in total. The van der Waals surface area contributed by atoms with Crippen molar-refractivity contribution >= 4 is 11.6 Å². The van der Waals surface area contributed by atoms with E-state index in [1.165, 1.54) is 6.26 Å². The molecule has 2 aromatic rings. The quantitative estimate of drug-likeness (QED) is 0.801. The summed E-state index contributed by atoms with van der Waals surface area (Å²) in [6.07, 6.45) is 1.36. The van der Waals surface area contributed by atoms with Crippen molar-refractivity contribution in [1.82, 2.24) is 15.2 Å². The van der Waals surface area contributed by atoms with Gasteiger partial charge in [0.2, 0.25) is 5.89 Å². The topological polar surface area (TPSA) is 84.4 Å². The number of nitrogen functional groups attached to an aromatic ring is 1. The Balaban J connectivity index is 2.01. The summed E-state index contributed by atoms with van der Waals surface area (Å²) in [6, 6.07) is 7.12. The average Bonchev–Trinajstić information content (AvgIpc) is 2.88. The van der Waals surface area contributed by atoms with E-state index in [1.54, 1.807) is 24.3 Å². The number of nitrogens with two attached hydrogens (primary N) is 1. The maximum absolute atomic E-state index is 11.9. The third kappa shape index (κ3) is 3.58. The van der Waals surface area contributed by atoms with Crippen molar-refractivity contribution in [3.05, 3.63) is 36.2 Å². The van der Waals surface area contributed by atoms with E-state index in [0.717, 1.165) is 12.1 Å². The molecule has 2 rings (SSSR count). The smallest absolute Gasteiger partial charge is 0.273 e. The van der Waals surface area contributed by atoms with Gasteiger partial charge in [-0.05, 0) is 38.4 Å². The number of aromatic nitrogens is 1. The van der Waals surface area contributed by atoms with Gasteiger partial charge in [-0.3, -0.25) is 4.79 Å². The fourth-order valence-corrected chi connectivity index (χ4v) is 1.62. The first-order valence-electron chi connectivity index (χ1n) is 6.30. The monoisotopic (exact) mass is 274 g/mol. The Morgan fingerprint density at radius 1 is 1.35 bits per heavy atom. The predicted octanol–water partition coefficient (Wildman–Crippen LogP) is 1.22. The molecule has 1 aromatic carbocycles. The van der Waals surface area contributed by atoms with E-state index < -0.39 is 0 Å². The molecular formula is C14H18N4O2. The van der Waals surface area contributed by atoms with Gasteiger partial charge >= 0.3 is 0 Å². The largest absolute Gasteiger partial charge is 0.444 e. The number of rotatable bonds is 5. The van der Waals surface area contributed by atoms with Gasteiger partial charge in [0.05, 0.1) is 0 Å². The Morgan fingerprint density at radius 2 is 2.05 bits per heavy atom. The SMILES string of the molecule is CN(C)CCNC(=O)c1coc(-c2ccc(N)cc2)n1. The van der Waals surface area contributed by atoms with Crippen LogP contribution in [0.5, 0.6) is 0 Å². The fourth-order valence-electron chi connectivity index (χ4n) is 1.62. The molecule has 0 aliphatic carbocycles. The van der Waals surface area contributed by atoms with Crippen LogP contribution in [0.4, 0.5) is 5.69 Å². The van der Waals surface area contributed by atoms with Gasteiger partial charge in [-0.25, -0.2) is 4.98 Å². The van der Waals surface area contributed by atoms with Crippen LogP contribution in [0.25, 0.3) is 11.5 Å². The summed E-state index contributed by atoms with van der Waals surface area (Å²) in [4.78, 5) is 18.0. The van der Waals surface area contributed by atoms with Crippen LogP contribution in [0, 0.1) is 0 Å². The molecule has 6 heteroatoms. The minimum atomic E-state index is -0.239. The molecule has 0 bridgehead atoms. The minimum absolute atomic E-state index is 0.239. The molecule has 0 atom stereocenters. The van der Waals surface area contributed by atoms with Crippen LogP contribution in [0.15, 0.2) is 34.9 Å². The van der Waals surface area contributed by atoms with Gasteiger partial charge in [0, 0.05) is 24.3 Å². The van der Waals surface area contributed by atoms with E-state index >= 15 is 0 Å². The van der Waals surface area contributed by atoms with Gasteiger partial charge < -0.3 is 20.4 Å². The van der Waals surface area contributed by atoms with Crippen molar-refractivity contribution in [2.24, 2.45) is 0 Å². The summed E-state index contributed by atoms with van der Waals surface area (Å²) < 4.78 is 5.32. The summed E-state index contributed by atoms with van der Waals surface area (Å²) >= 11 is 0. The number of oxazole rings is 1. The number of amides is 1. The number of nitrogens with one attached hydrogen (secondary N) is 1. The summed E-state index contributed by atoms with van der Waals surface area (Å²) in [5, 5.41) is 2.78. The van der Waals surface area contributed by atoms with Crippen molar-refractivity contribution in [2.45, 2.75) is 0 Å². The molecule has 1 aromatic heterocycles. The number of carbonyl (C=O) groups excluding carboxylic acids is 1. The highest BCUT2D eigenvalue weighted by Gasteiger charge is 2.12. The highest BCUT2D eigenvalue weighted by molar-refractivity contribution is 5.92. The second-order valence-electron chi connectivity index (χ2n) is 4.72. The van der Waals surface area contributed by atoms with Gasteiger partial charge in [0.1, 0.15) is 6.26 Å². The number of likely N-dealkylation sites (N-methyl/N-ethyl adjacent to an activating group) is 1. The van der Waals surface area contributed by atoms with Crippen LogP contribution >= 0.6 is 0 Å². The fraction of sp³-hybridized carbons (Fsp3) is 0.286. The first kappa shape index (κ1) is 14.1. The molecule has 3 N–H and O–H groups in total. The molecule has 1 heterocycles. The Bertz CT molecular complexity index is 575. The zero-order valence-corrected chi connectivity index (χ0v) is 11.6. The standard InChI is InChI=1S/C14H18N4O2/c1-18(2)8-7-16-13(19)12-9-20-14(17-12)10-3-5-11(15)6-4-10/h3-6,9H,7-8,15H2,1-2H3,(H,16,19). The first-order valence-corrected chi connectivity index (χ1v) is 6.30. The Morgan fingerprint density at radius 3 is 2.70 bits per heavy atom. The maximum atomic E-state index is 11.9. The van der Waals surface area contributed by atoms with Crippen molar-refractivity contribution < 1.29 is 9.21 Å². The summed E-state index contributed by atoms with van der Waals surface area (Å²) in [5.74, 6) is 0.167. The number of benzene rings is 1. The van der Waals surface area contributed by atoms with Gasteiger partial charge in [-0.2, -0.15) is 0 Å². The van der Waals surface area contributed by atoms with Crippen LogP contribution in [0.3, 0.4) is 0 Å². The van der Waals surface area contributed by atoms with E-state index in [0.29, 0.717) is 18.1 Å². The van der Waals surface area contributed by atoms with Crippen LogP contribution in [-0.2, 0) is 0 Å². The molecule has 20 heavy (non-hydrogen) atoms. The molecule has 0 spiro atoms. The lowest BCUT2D eigenvalue weighted by atomic mass is 10.2. The number of hydrogen-bond donors (Lipinski definition) is 2. The molecule has 0 aliphatic rings. The summed E-state index contributed by atoms with van der Waals surface area (Å²) in [5.41, 5.74) is 7.34. The molecule has 0 fully saturated rings. The third-order valence-electron chi connectivity index (χ3n) is 2.74. The lowest BCUT2D eigenvalue weighted by Gasteiger charge is -2.09. The predicted molar refractivity (Wildman–Crippen MR) is 77.2 cm³/mol. The van der Waals surface area contributed by atoms with E-state index in [4.69, 9.17) is 10.2 Å². The van der Waals surface area contributed by atoms with Crippen LogP contribution in [-0.4, -0.2) is 43.0 Å². The Hall–Kier alpha value is -2.34. The van der Waals surface area contributed by atoms with E-state index in [-0.39, 0.29) is 11.6 Å². The third-order valence-corrected chi connectivity index (χ3v) is 2.74. The minimum Gasteiger partial charge on any atom is -0.444 e. The lowest BCUT2D eigenvalue weighted by molar-refractivity contribution is 0.0946. The molecule has 1 amide bonds. The van der Waals surface area contributed by atoms with Crippen molar-refractivity contribution in [3.8, 4) is 11.5 Å². The number of anilines is 1. The Labute approximate surface area is 117 Å². The zero-order valence-electron chi connectivity index (χ0n) is 11.6. The molecule has 0 aliphatic heterocycles. The number of carbonyl (C=O) groups is 1. The molecular weight excluding hydrogens is 256 g/mol. The van der Waals surface area contributed by atoms with Crippen molar-refractivity contribution in [2.75, 3.05) is 32.9 Å². The van der Waals surface area contributed by atoms with E-state index in [2.05, 4.69) is 10.3 Å². The average molecular weight is 274 g/mol. The lowest BCUT2D eigenvalue weighted by Crippen LogP contribution is -2.31. The molecule has 0 radical (unpaired) electrons. The summed E-state index contributed by atoms with van der Waals surface area (Å²) in [6.45, 7) is 1.34. The first-order chi connectivity index (χ1) is 9.56. The van der Waals surface area contributed by atoms with E-state index in [9.17, 15) is 4.79 Å². The van der Waals surface area contributed by atoms with Crippen molar-refractivity contribution in [3.63, 3.8) is 0 Å². The normalized spacial score (nSPS) is 10.8. The van der Waals surface area contributed by atoms with Crippen LogP contribution in [0.1, 0.15) is 10.5 Å². The van der Waals surface area contributed by atoms with E-state index in [1.807, 2.05) is 19.0 Å². The highest BCUT2D eigenvalue weighted by Crippen LogP contribution is 2.19.